The van der Waals surface area contributed by atoms with Crippen molar-refractivity contribution in [2.24, 2.45) is 0 Å². The van der Waals surface area contributed by atoms with Crippen LogP contribution in [0.5, 0.6) is 0 Å². The number of nitrogens with zero attached hydrogens (tertiary/aromatic N) is 5. The van der Waals surface area contributed by atoms with Crippen LogP contribution in [0.2, 0.25) is 10.0 Å². The Hall–Kier alpha value is -3.90. The van der Waals surface area contributed by atoms with Gasteiger partial charge in [-0.2, -0.15) is 5.01 Å². The molecule has 2 saturated heterocycles. The highest BCUT2D eigenvalue weighted by Gasteiger charge is 2.53. The Kier molecular flexibility index (Phi) is 8.38. The highest BCUT2D eigenvalue weighted by molar-refractivity contribution is 7.22. The third-order valence-electron chi connectivity index (χ3n) is 7.86. The molecule has 2 aliphatic rings. The van der Waals surface area contributed by atoms with Gasteiger partial charge < -0.3 is 20.9 Å². The van der Waals surface area contributed by atoms with Crippen LogP contribution in [0.25, 0.3) is 10.2 Å². The minimum atomic E-state index is -0.847. The summed E-state index contributed by atoms with van der Waals surface area (Å²) in [7, 11) is 0. The van der Waals surface area contributed by atoms with Crippen molar-refractivity contribution in [1.82, 2.24) is 30.1 Å². The predicted molar refractivity (Wildman–Crippen MR) is 172 cm³/mol. The molecule has 3 N–H and O–H groups in total. The van der Waals surface area contributed by atoms with Gasteiger partial charge in [0.05, 0.1) is 33.4 Å². The molecule has 3 heterocycles. The van der Waals surface area contributed by atoms with Crippen LogP contribution in [-0.4, -0.2) is 67.9 Å². The number of amides is 4. The molecule has 4 aromatic rings. The molecule has 44 heavy (non-hydrogen) atoms. The number of urea groups is 1. The predicted octanol–water partition coefficient (Wildman–Crippen LogP) is 5.27. The molecule has 0 saturated carbocycles. The molecule has 2 fully saturated rings. The van der Waals surface area contributed by atoms with E-state index in [1.54, 1.807) is 38.0 Å². The number of anilines is 1. The zero-order valence-electron chi connectivity index (χ0n) is 24.1. The Bertz CT molecular complexity index is 1730. The Morgan fingerprint density at radius 2 is 1.86 bits per heavy atom. The molecule has 1 aromatic heterocycles. The molecule has 0 radical (unpaired) electrons. The van der Waals surface area contributed by atoms with Crippen LogP contribution < -0.4 is 11.1 Å². The smallest absolute Gasteiger partial charge is 0.332 e. The molecule has 0 aliphatic carbocycles. The lowest BCUT2D eigenvalue weighted by Gasteiger charge is -2.47. The quantitative estimate of drug-likeness (QED) is 0.281. The molecule has 2 atom stereocenters. The summed E-state index contributed by atoms with van der Waals surface area (Å²) in [5.74, 6) is -0.419. The molecule has 2 aliphatic heterocycles. The molecule has 10 nitrogen and oxygen atoms in total. The molecule has 3 aromatic carbocycles. The molecule has 0 unspecified atom stereocenters. The first kappa shape index (κ1) is 30.1. The van der Waals surface area contributed by atoms with Gasteiger partial charge in [-0.15, -0.1) is 0 Å². The third kappa shape index (κ3) is 5.68. The van der Waals surface area contributed by atoms with Crippen molar-refractivity contribution in [2.75, 3.05) is 18.8 Å². The summed E-state index contributed by atoms with van der Waals surface area (Å²) >= 11 is 13.6. The van der Waals surface area contributed by atoms with E-state index in [0.29, 0.717) is 20.7 Å². The Morgan fingerprint density at radius 1 is 1.09 bits per heavy atom. The van der Waals surface area contributed by atoms with Gasteiger partial charge in [-0.3, -0.25) is 14.6 Å². The number of nitrogens with two attached hydrogens (primary N) is 1. The fourth-order valence-corrected chi connectivity index (χ4v) is 7.03. The van der Waals surface area contributed by atoms with Crippen LogP contribution in [0.3, 0.4) is 0 Å². The van der Waals surface area contributed by atoms with Crippen molar-refractivity contribution in [3.05, 3.63) is 93.5 Å². The number of aromatic nitrogens is 1. The van der Waals surface area contributed by atoms with Crippen LogP contribution in [0.4, 0.5) is 9.93 Å². The van der Waals surface area contributed by atoms with Crippen LogP contribution >= 0.6 is 34.5 Å². The number of thiazole rings is 1. The van der Waals surface area contributed by atoms with Gasteiger partial charge in [-0.1, -0.05) is 83.1 Å². The maximum atomic E-state index is 14.2. The number of carbonyl (C=O) groups is 3. The first-order valence-corrected chi connectivity index (χ1v) is 15.8. The van der Waals surface area contributed by atoms with Gasteiger partial charge in [-0.25, -0.2) is 9.78 Å². The van der Waals surface area contributed by atoms with Crippen LogP contribution in [0, 0.1) is 0 Å². The second kappa shape index (κ2) is 12.2. The Labute approximate surface area is 268 Å². The molecule has 6 rings (SSSR count). The number of nitrogens with one attached hydrogen (secondary N) is 1. The minimum absolute atomic E-state index is 0.0499. The molecular weight excluding hydrogens is 621 g/mol. The number of nitrogen functional groups attached to an aromatic ring is 1. The minimum Gasteiger partial charge on any atom is -0.375 e. The highest BCUT2D eigenvalue weighted by atomic mass is 35.5. The number of benzene rings is 3. The molecule has 0 bridgehead atoms. The number of hydrazine groups is 1. The fourth-order valence-electron chi connectivity index (χ4n) is 5.93. The molecule has 13 heteroatoms. The van der Waals surface area contributed by atoms with E-state index in [1.165, 1.54) is 11.3 Å². The second-order valence-corrected chi connectivity index (χ2v) is 12.9. The summed E-state index contributed by atoms with van der Waals surface area (Å²) in [4.78, 5) is 49.5. The monoisotopic (exact) mass is 651 g/mol. The average Bonchev–Trinajstić information content (AvgIpc) is 3.53. The Balaban J connectivity index is 1.32. The van der Waals surface area contributed by atoms with Crippen molar-refractivity contribution in [2.45, 2.75) is 45.2 Å². The third-order valence-corrected chi connectivity index (χ3v) is 9.44. The fraction of sp³-hybridized carbons (Fsp3) is 0.290. The molecule has 0 spiro atoms. The second-order valence-electron chi connectivity index (χ2n) is 11.1. The largest absolute Gasteiger partial charge is 0.375 e. The first-order chi connectivity index (χ1) is 21.1. The maximum absolute atomic E-state index is 14.2. The van der Waals surface area contributed by atoms with E-state index >= 15 is 0 Å². The maximum Gasteiger partial charge on any atom is 0.332 e. The van der Waals surface area contributed by atoms with Crippen molar-refractivity contribution in [1.29, 1.82) is 0 Å². The van der Waals surface area contributed by atoms with E-state index in [2.05, 4.69) is 10.3 Å². The van der Waals surface area contributed by atoms with Gasteiger partial charge in [0, 0.05) is 19.1 Å². The topological polar surface area (TPSA) is 115 Å². The summed E-state index contributed by atoms with van der Waals surface area (Å²) in [6, 6.07) is 18.8. The van der Waals surface area contributed by atoms with E-state index in [1.807, 2.05) is 62.4 Å². The summed E-state index contributed by atoms with van der Waals surface area (Å²) in [5, 5.41) is 7.58. The standard InChI is InChI=1S/C31H31Cl2N7O3S/c1-18(2)40(31(43)35-14-19-11-12-22(32)23(33)13-19)38-17-26(41)39-25(38)16-37(29(42)28(39)20-7-4-3-5-8-20)15-21-9-6-10-24-27(21)36-30(34)44-24/h3-13,18,25,28H,14-17H2,1-2H3,(H2,34,36)(H,35,43)/t25-,28+/m1/s1. The summed E-state index contributed by atoms with van der Waals surface area (Å²) in [5.41, 5.74) is 9.11. The molecule has 4 amide bonds. The van der Waals surface area contributed by atoms with Crippen LogP contribution in [0.1, 0.15) is 36.6 Å². The van der Waals surface area contributed by atoms with Crippen LogP contribution in [0.15, 0.2) is 66.7 Å². The molecule has 228 valence electrons. The van der Waals surface area contributed by atoms with Gasteiger partial charge in [0.15, 0.2) is 5.13 Å². The zero-order chi connectivity index (χ0) is 31.1. The van der Waals surface area contributed by atoms with Crippen molar-refractivity contribution >= 4 is 67.7 Å². The van der Waals surface area contributed by atoms with E-state index in [-0.39, 0.29) is 50.1 Å². The van der Waals surface area contributed by atoms with Crippen LogP contribution in [-0.2, 0) is 22.7 Å². The van der Waals surface area contributed by atoms with E-state index in [9.17, 15) is 14.4 Å². The van der Waals surface area contributed by atoms with Gasteiger partial charge in [0.25, 0.3) is 5.91 Å². The van der Waals surface area contributed by atoms with Gasteiger partial charge in [0.2, 0.25) is 5.91 Å². The lowest BCUT2D eigenvalue weighted by atomic mass is 10.00. The number of carbonyl (C=O) groups excluding carboxylic acids is 3. The lowest BCUT2D eigenvalue weighted by molar-refractivity contribution is -0.159. The number of hydrogen-bond acceptors (Lipinski definition) is 7. The van der Waals surface area contributed by atoms with Crippen molar-refractivity contribution < 1.29 is 14.4 Å². The summed E-state index contributed by atoms with van der Waals surface area (Å²) in [6.45, 7) is 4.42. The number of halogens is 2. The number of hydrogen-bond donors (Lipinski definition) is 2. The Morgan fingerprint density at radius 3 is 2.59 bits per heavy atom. The summed E-state index contributed by atoms with van der Waals surface area (Å²) in [6.07, 6.45) is -0.580. The first-order valence-electron chi connectivity index (χ1n) is 14.2. The normalized spacial score (nSPS) is 18.8. The zero-order valence-corrected chi connectivity index (χ0v) is 26.4. The van der Waals surface area contributed by atoms with Crippen molar-refractivity contribution in [3.8, 4) is 0 Å². The van der Waals surface area contributed by atoms with E-state index < -0.39 is 12.2 Å². The van der Waals surface area contributed by atoms with Crippen molar-refractivity contribution in [3.63, 3.8) is 0 Å². The molecular formula is C31H31Cl2N7O3S. The average molecular weight is 653 g/mol. The number of fused-ring (bicyclic) bond motifs is 2. The van der Waals surface area contributed by atoms with E-state index in [0.717, 1.165) is 21.3 Å². The van der Waals surface area contributed by atoms with Gasteiger partial charge >= 0.3 is 6.03 Å². The van der Waals surface area contributed by atoms with Gasteiger partial charge in [-0.05, 0) is 48.7 Å². The van der Waals surface area contributed by atoms with Gasteiger partial charge in [0.1, 0.15) is 12.2 Å². The number of piperazine rings is 1. The summed E-state index contributed by atoms with van der Waals surface area (Å²) < 4.78 is 0.938. The highest BCUT2D eigenvalue weighted by Crippen LogP contribution is 2.37. The SMILES string of the molecule is CC(C)N(C(=O)NCc1ccc(Cl)c(Cl)c1)N1CC(=O)N2[C@@H](c3ccccc3)C(=O)N(Cc3cccc4sc(N)nc34)C[C@@H]21. The number of para-hydroxylation sites is 1. The lowest BCUT2D eigenvalue weighted by Crippen LogP contribution is -2.63. The number of rotatable bonds is 7. The van der Waals surface area contributed by atoms with E-state index in [4.69, 9.17) is 28.9 Å².